The molecule has 0 bridgehead atoms. The van der Waals surface area contributed by atoms with Gasteiger partial charge in [0.1, 0.15) is 6.61 Å². The number of aryl methyl sites for hydroxylation is 2. The highest BCUT2D eigenvalue weighted by Crippen LogP contribution is 2.37. The summed E-state index contributed by atoms with van der Waals surface area (Å²) >= 11 is 4.99. The van der Waals surface area contributed by atoms with E-state index in [1.54, 1.807) is 13.2 Å². The predicted molar refractivity (Wildman–Crippen MR) is 121 cm³/mol. The average molecular weight is 473 g/mol. The SMILES string of the molecule is COc1cc(C=CC(=O)Nc2nc(C)c(C)s2)cc(Br)c1OCc1ccccc1. The van der Waals surface area contributed by atoms with Crippen LogP contribution in [0, 0.1) is 13.8 Å². The molecule has 0 unspecified atom stereocenters. The van der Waals surface area contributed by atoms with Crippen molar-refractivity contribution in [2.45, 2.75) is 20.5 Å². The Hall–Kier alpha value is -2.64. The highest BCUT2D eigenvalue weighted by atomic mass is 79.9. The van der Waals surface area contributed by atoms with Crippen molar-refractivity contribution in [3.63, 3.8) is 0 Å². The summed E-state index contributed by atoms with van der Waals surface area (Å²) < 4.78 is 12.2. The first-order valence-electron chi connectivity index (χ1n) is 8.93. The van der Waals surface area contributed by atoms with Gasteiger partial charge < -0.3 is 9.47 Å². The monoisotopic (exact) mass is 472 g/mol. The molecule has 0 saturated heterocycles. The van der Waals surface area contributed by atoms with Crippen LogP contribution in [0.15, 0.2) is 53.0 Å². The summed E-state index contributed by atoms with van der Waals surface area (Å²) in [6.07, 6.45) is 3.19. The van der Waals surface area contributed by atoms with Gasteiger partial charge in [-0.05, 0) is 59.1 Å². The van der Waals surface area contributed by atoms with Crippen LogP contribution in [0.3, 0.4) is 0 Å². The molecule has 0 fully saturated rings. The number of amides is 1. The molecule has 5 nitrogen and oxygen atoms in total. The van der Waals surface area contributed by atoms with Crippen LogP contribution < -0.4 is 14.8 Å². The van der Waals surface area contributed by atoms with Crippen molar-refractivity contribution in [2.24, 2.45) is 0 Å². The summed E-state index contributed by atoms with van der Waals surface area (Å²) in [5.74, 6) is 0.964. The zero-order chi connectivity index (χ0) is 20.8. The lowest BCUT2D eigenvalue weighted by Crippen LogP contribution is -2.07. The van der Waals surface area contributed by atoms with Crippen molar-refractivity contribution in [1.29, 1.82) is 0 Å². The van der Waals surface area contributed by atoms with Crippen molar-refractivity contribution in [3.8, 4) is 11.5 Å². The van der Waals surface area contributed by atoms with Gasteiger partial charge in [0, 0.05) is 11.0 Å². The molecule has 0 aliphatic carbocycles. The van der Waals surface area contributed by atoms with Gasteiger partial charge in [-0.15, -0.1) is 11.3 Å². The molecule has 29 heavy (non-hydrogen) atoms. The average Bonchev–Trinajstić information content (AvgIpc) is 3.02. The van der Waals surface area contributed by atoms with Crippen LogP contribution in [0.25, 0.3) is 6.08 Å². The van der Waals surface area contributed by atoms with Crippen LogP contribution in [0.2, 0.25) is 0 Å². The first kappa shape index (κ1) is 21.1. The Morgan fingerprint density at radius 1 is 1.24 bits per heavy atom. The number of anilines is 1. The minimum Gasteiger partial charge on any atom is -0.493 e. The predicted octanol–water partition coefficient (Wildman–Crippen LogP) is 5.76. The minimum absolute atomic E-state index is 0.238. The Morgan fingerprint density at radius 3 is 2.66 bits per heavy atom. The first-order valence-corrected chi connectivity index (χ1v) is 10.5. The van der Waals surface area contributed by atoms with Crippen LogP contribution in [0.4, 0.5) is 5.13 Å². The molecule has 0 aliphatic heterocycles. The van der Waals surface area contributed by atoms with E-state index in [0.717, 1.165) is 26.2 Å². The maximum Gasteiger partial charge on any atom is 0.250 e. The molecular formula is C22H21BrN2O3S. The molecule has 150 valence electrons. The number of ether oxygens (including phenoxy) is 2. The van der Waals surface area contributed by atoms with Gasteiger partial charge in [-0.25, -0.2) is 4.98 Å². The number of aromatic nitrogens is 1. The van der Waals surface area contributed by atoms with Gasteiger partial charge in [-0.3, -0.25) is 10.1 Å². The molecule has 1 N–H and O–H groups in total. The van der Waals surface area contributed by atoms with Crippen LogP contribution in [0.1, 0.15) is 21.7 Å². The van der Waals surface area contributed by atoms with E-state index in [-0.39, 0.29) is 5.91 Å². The number of benzene rings is 2. The Bertz CT molecular complexity index is 1010. The molecule has 3 rings (SSSR count). The fourth-order valence-electron chi connectivity index (χ4n) is 2.55. The third-order valence-corrected chi connectivity index (χ3v) is 5.74. The zero-order valence-corrected chi connectivity index (χ0v) is 18.8. The van der Waals surface area contributed by atoms with E-state index >= 15 is 0 Å². The van der Waals surface area contributed by atoms with Gasteiger partial charge in [-0.2, -0.15) is 0 Å². The molecule has 7 heteroatoms. The van der Waals surface area contributed by atoms with Crippen molar-refractivity contribution in [2.75, 3.05) is 12.4 Å². The molecular weight excluding hydrogens is 452 g/mol. The molecule has 0 spiro atoms. The summed E-state index contributed by atoms with van der Waals surface area (Å²) in [5, 5.41) is 3.38. The van der Waals surface area contributed by atoms with Crippen molar-refractivity contribution < 1.29 is 14.3 Å². The van der Waals surface area contributed by atoms with Gasteiger partial charge in [0.2, 0.25) is 5.91 Å². The van der Waals surface area contributed by atoms with Gasteiger partial charge >= 0.3 is 0 Å². The molecule has 0 radical (unpaired) electrons. The molecule has 0 aliphatic rings. The van der Waals surface area contributed by atoms with Crippen LogP contribution >= 0.6 is 27.3 Å². The summed E-state index contributed by atoms with van der Waals surface area (Å²) in [5.41, 5.74) is 2.80. The van der Waals surface area contributed by atoms with E-state index in [1.165, 1.54) is 17.4 Å². The number of rotatable bonds is 7. The van der Waals surface area contributed by atoms with Crippen LogP contribution in [-0.2, 0) is 11.4 Å². The fraction of sp³-hybridized carbons (Fsp3) is 0.182. The largest absolute Gasteiger partial charge is 0.493 e. The van der Waals surface area contributed by atoms with Gasteiger partial charge in [0.15, 0.2) is 16.6 Å². The third kappa shape index (κ3) is 5.68. The topological polar surface area (TPSA) is 60.5 Å². The Balaban J connectivity index is 1.70. The van der Waals surface area contributed by atoms with E-state index in [0.29, 0.717) is 23.2 Å². The fourth-order valence-corrected chi connectivity index (χ4v) is 3.94. The molecule has 1 heterocycles. The van der Waals surface area contributed by atoms with Crippen LogP contribution in [-0.4, -0.2) is 18.0 Å². The van der Waals surface area contributed by atoms with Gasteiger partial charge in [0.25, 0.3) is 0 Å². The number of nitrogens with one attached hydrogen (secondary N) is 1. The standard InChI is InChI=1S/C22H21BrN2O3S/c1-14-15(2)29-22(24-14)25-20(26)10-9-17-11-18(23)21(19(12-17)27-3)28-13-16-7-5-4-6-8-16/h4-12H,13H2,1-3H3,(H,24,25,26). The number of thiazole rings is 1. The van der Waals surface area contributed by atoms with Crippen LogP contribution in [0.5, 0.6) is 11.5 Å². The number of carbonyl (C=O) groups is 1. The molecule has 1 amide bonds. The molecule has 2 aromatic carbocycles. The summed E-state index contributed by atoms with van der Waals surface area (Å²) in [4.78, 5) is 17.6. The minimum atomic E-state index is -0.238. The van der Waals surface area contributed by atoms with E-state index < -0.39 is 0 Å². The summed E-state index contributed by atoms with van der Waals surface area (Å²) in [7, 11) is 1.59. The van der Waals surface area contributed by atoms with E-state index in [9.17, 15) is 4.79 Å². The third-order valence-electron chi connectivity index (χ3n) is 4.16. The number of nitrogens with zero attached hydrogens (tertiary/aromatic N) is 1. The van der Waals surface area contributed by atoms with E-state index in [1.807, 2.05) is 56.3 Å². The molecule has 0 atom stereocenters. The number of methoxy groups -OCH3 is 1. The number of halogens is 1. The lowest BCUT2D eigenvalue weighted by molar-refractivity contribution is -0.111. The normalized spacial score (nSPS) is 10.9. The summed E-state index contributed by atoms with van der Waals surface area (Å²) in [6.45, 7) is 4.33. The van der Waals surface area contributed by atoms with Gasteiger partial charge in [-0.1, -0.05) is 30.3 Å². The second-order valence-electron chi connectivity index (χ2n) is 6.29. The second kappa shape index (κ2) is 9.71. The Morgan fingerprint density at radius 2 is 2.00 bits per heavy atom. The number of hydrogen-bond acceptors (Lipinski definition) is 5. The highest BCUT2D eigenvalue weighted by Gasteiger charge is 2.12. The van der Waals surface area contributed by atoms with E-state index in [4.69, 9.17) is 9.47 Å². The highest BCUT2D eigenvalue weighted by molar-refractivity contribution is 9.10. The van der Waals surface area contributed by atoms with Gasteiger partial charge in [0.05, 0.1) is 17.3 Å². The molecule has 1 aromatic heterocycles. The van der Waals surface area contributed by atoms with Crippen molar-refractivity contribution in [3.05, 3.63) is 74.7 Å². The van der Waals surface area contributed by atoms with E-state index in [2.05, 4.69) is 26.2 Å². The maximum absolute atomic E-state index is 12.2. The van der Waals surface area contributed by atoms with Crippen molar-refractivity contribution in [1.82, 2.24) is 4.98 Å². The Labute approximate surface area is 182 Å². The quantitative estimate of drug-likeness (QED) is 0.443. The lowest BCUT2D eigenvalue weighted by Gasteiger charge is -2.13. The lowest BCUT2D eigenvalue weighted by atomic mass is 10.2. The Kier molecular flexibility index (Phi) is 7.06. The first-order chi connectivity index (χ1) is 14.0. The molecule has 3 aromatic rings. The smallest absolute Gasteiger partial charge is 0.250 e. The number of hydrogen-bond donors (Lipinski definition) is 1. The summed E-state index contributed by atoms with van der Waals surface area (Å²) in [6, 6.07) is 13.6. The zero-order valence-electron chi connectivity index (χ0n) is 16.4. The number of carbonyl (C=O) groups excluding carboxylic acids is 1. The maximum atomic E-state index is 12.2. The second-order valence-corrected chi connectivity index (χ2v) is 8.35. The van der Waals surface area contributed by atoms with Crippen molar-refractivity contribution >= 4 is 44.4 Å². The molecule has 0 saturated carbocycles.